The SMILES string of the molecule is CO[C@@H]1[C@@H](OC)[C@H](O[C@@H]2C=C3[C@H](O)C[C@]4(O)C(CC[C@@]5(C)C4[C@@H](O)[C@H](O)[C@@H]5[C@H](C)/C=C/C(C)C(C)CO)[C@@]3(C)CC2)OC[C@H]1O. The number of rotatable bonds is 9. The Kier molecular flexibility index (Phi) is 10.4. The summed E-state index contributed by atoms with van der Waals surface area (Å²) >= 11 is 0. The molecule has 6 N–H and O–H groups in total. The van der Waals surface area contributed by atoms with Crippen LogP contribution in [0.2, 0.25) is 0 Å². The van der Waals surface area contributed by atoms with Crippen molar-refractivity contribution in [1.82, 2.24) is 0 Å². The van der Waals surface area contributed by atoms with Gasteiger partial charge in [-0.3, -0.25) is 0 Å². The Hall–Kier alpha value is -0.920. The molecule has 4 aliphatic carbocycles. The van der Waals surface area contributed by atoms with Crippen LogP contribution in [0.4, 0.5) is 0 Å². The number of aliphatic hydroxyl groups excluding tert-OH is 5. The quantitative estimate of drug-likeness (QED) is 0.207. The number of methoxy groups -OCH3 is 2. The molecule has 4 unspecified atom stereocenters. The zero-order chi connectivity index (χ0) is 33.1. The highest BCUT2D eigenvalue weighted by Gasteiger charge is 2.72. The van der Waals surface area contributed by atoms with E-state index in [1.54, 1.807) is 0 Å². The van der Waals surface area contributed by atoms with Gasteiger partial charge in [0, 0.05) is 33.2 Å². The minimum atomic E-state index is -1.36. The molecule has 0 aromatic carbocycles. The second kappa shape index (κ2) is 13.2. The summed E-state index contributed by atoms with van der Waals surface area (Å²) in [6, 6.07) is 0. The largest absolute Gasteiger partial charge is 0.396 e. The molecular formula is C35H58O10. The summed E-state index contributed by atoms with van der Waals surface area (Å²) < 4.78 is 23.2. The van der Waals surface area contributed by atoms with Gasteiger partial charge in [0.1, 0.15) is 18.3 Å². The summed E-state index contributed by atoms with van der Waals surface area (Å²) in [5.41, 5.74) is -1.57. The van der Waals surface area contributed by atoms with E-state index in [0.29, 0.717) is 19.3 Å². The van der Waals surface area contributed by atoms with Crippen LogP contribution in [-0.4, -0.2) is 113 Å². The number of hydrogen-bond acceptors (Lipinski definition) is 10. The lowest BCUT2D eigenvalue weighted by molar-refractivity contribution is -0.289. The van der Waals surface area contributed by atoms with Crippen LogP contribution in [0.1, 0.15) is 66.7 Å². The molecule has 5 aliphatic rings. The zero-order valence-corrected chi connectivity index (χ0v) is 28.1. The van der Waals surface area contributed by atoms with Crippen LogP contribution in [0.3, 0.4) is 0 Å². The van der Waals surface area contributed by atoms with Crippen molar-refractivity contribution >= 4 is 0 Å². The molecule has 1 aliphatic heterocycles. The molecule has 0 amide bonds. The molecule has 5 rings (SSSR count). The Morgan fingerprint density at radius 2 is 1.67 bits per heavy atom. The first kappa shape index (κ1) is 35.4. The molecule has 3 saturated carbocycles. The highest BCUT2D eigenvalue weighted by molar-refractivity contribution is 5.33. The third-order valence-electron chi connectivity index (χ3n) is 13.0. The van der Waals surface area contributed by atoms with Gasteiger partial charge in [0.05, 0.1) is 36.6 Å². The van der Waals surface area contributed by atoms with Crippen LogP contribution in [0, 0.1) is 46.3 Å². The monoisotopic (exact) mass is 638 g/mol. The van der Waals surface area contributed by atoms with E-state index in [2.05, 4.69) is 39.8 Å². The minimum absolute atomic E-state index is 0.0537. The highest BCUT2D eigenvalue weighted by atomic mass is 16.7. The maximum absolute atomic E-state index is 12.7. The van der Waals surface area contributed by atoms with Crippen LogP contribution in [0.25, 0.3) is 0 Å². The second-order valence-electron chi connectivity index (χ2n) is 15.5. The first-order chi connectivity index (χ1) is 21.2. The van der Waals surface area contributed by atoms with E-state index in [-0.39, 0.29) is 55.3 Å². The van der Waals surface area contributed by atoms with Gasteiger partial charge in [-0.25, -0.2) is 0 Å². The van der Waals surface area contributed by atoms with Crippen molar-refractivity contribution in [3.8, 4) is 0 Å². The standard InChI is InChI=1S/C35H58O10/c1-18(20(3)16-36)8-9-19(2)26-27(39)28(40)31-34(26,5)13-11-25-33(4)12-10-21(14-22(33)23(37)15-35(25,31)41)45-32-30(43-7)29(42-6)24(38)17-44-32/h8-9,14,18-21,23-32,36-41H,10-13,15-17H2,1-7H3/b9-8+/t18?,19-,20?,21+,23-,24-,25?,26+,27-,28+,29+,30-,31?,32+,33+,34-,35+/m1/s1. The van der Waals surface area contributed by atoms with E-state index in [1.165, 1.54) is 14.2 Å². The molecule has 17 atom stereocenters. The number of hydrogen-bond donors (Lipinski definition) is 6. The van der Waals surface area contributed by atoms with Crippen LogP contribution >= 0.6 is 0 Å². The summed E-state index contributed by atoms with van der Waals surface area (Å²) in [4.78, 5) is 0. The molecule has 4 fully saturated rings. The molecule has 0 aromatic rings. The third-order valence-corrected chi connectivity index (χ3v) is 13.0. The average Bonchev–Trinajstić information content (AvgIpc) is 3.21. The normalized spacial score (nSPS) is 50.3. The van der Waals surface area contributed by atoms with Gasteiger partial charge in [-0.15, -0.1) is 0 Å². The fraction of sp³-hybridized carbons (Fsp3) is 0.886. The van der Waals surface area contributed by atoms with Gasteiger partial charge in [-0.05, 0) is 71.7 Å². The molecule has 0 aromatic heterocycles. The Labute approximate surface area is 268 Å². The van der Waals surface area contributed by atoms with E-state index in [4.69, 9.17) is 18.9 Å². The number of aliphatic hydroxyl groups is 6. The summed E-state index contributed by atoms with van der Waals surface area (Å²) in [7, 11) is 3.05. The molecule has 45 heavy (non-hydrogen) atoms. The lowest BCUT2D eigenvalue weighted by Crippen LogP contribution is -2.66. The maximum atomic E-state index is 12.7. The molecule has 258 valence electrons. The predicted molar refractivity (Wildman–Crippen MR) is 167 cm³/mol. The molecule has 10 nitrogen and oxygen atoms in total. The maximum Gasteiger partial charge on any atom is 0.187 e. The zero-order valence-electron chi connectivity index (χ0n) is 28.1. The lowest BCUT2D eigenvalue weighted by atomic mass is 9.43. The molecule has 10 heteroatoms. The molecule has 0 radical (unpaired) electrons. The summed E-state index contributed by atoms with van der Waals surface area (Å²) in [6.07, 6.45) is 2.81. The van der Waals surface area contributed by atoms with E-state index in [0.717, 1.165) is 12.0 Å². The smallest absolute Gasteiger partial charge is 0.187 e. The van der Waals surface area contributed by atoms with Crippen molar-refractivity contribution in [2.24, 2.45) is 46.3 Å². The van der Waals surface area contributed by atoms with Crippen LogP contribution in [0.5, 0.6) is 0 Å². The molecule has 0 bridgehead atoms. The van der Waals surface area contributed by atoms with Gasteiger partial charge in [-0.1, -0.05) is 52.8 Å². The topological polar surface area (TPSA) is 158 Å². The van der Waals surface area contributed by atoms with Gasteiger partial charge in [0.2, 0.25) is 0 Å². The van der Waals surface area contributed by atoms with Crippen LogP contribution in [-0.2, 0) is 18.9 Å². The molecular weight excluding hydrogens is 580 g/mol. The van der Waals surface area contributed by atoms with E-state index >= 15 is 0 Å². The Bertz CT molecular complexity index is 1100. The molecule has 1 saturated heterocycles. The molecule has 0 spiro atoms. The van der Waals surface area contributed by atoms with Crippen molar-refractivity contribution in [2.45, 2.75) is 121 Å². The van der Waals surface area contributed by atoms with Gasteiger partial charge < -0.3 is 49.6 Å². The fourth-order valence-corrected chi connectivity index (χ4v) is 10.4. The van der Waals surface area contributed by atoms with Crippen molar-refractivity contribution in [1.29, 1.82) is 0 Å². The van der Waals surface area contributed by atoms with E-state index in [9.17, 15) is 30.6 Å². The number of ether oxygens (including phenoxy) is 4. The second-order valence-corrected chi connectivity index (χ2v) is 15.5. The van der Waals surface area contributed by atoms with Crippen LogP contribution < -0.4 is 0 Å². The summed E-state index contributed by atoms with van der Waals surface area (Å²) in [5.74, 6) is -0.833. The highest BCUT2D eigenvalue weighted by Crippen LogP contribution is 2.69. The summed E-state index contributed by atoms with van der Waals surface area (Å²) in [5, 5.41) is 67.4. The van der Waals surface area contributed by atoms with Gasteiger partial charge in [0.15, 0.2) is 6.29 Å². The van der Waals surface area contributed by atoms with E-state index in [1.807, 2.05) is 13.0 Å². The predicted octanol–water partition coefficient (Wildman–Crippen LogP) is 2.18. The lowest BCUT2D eigenvalue weighted by Gasteiger charge is -2.63. The average molecular weight is 639 g/mol. The summed E-state index contributed by atoms with van der Waals surface area (Å²) in [6.45, 7) is 10.5. The van der Waals surface area contributed by atoms with Gasteiger partial charge >= 0.3 is 0 Å². The third kappa shape index (κ3) is 5.79. The number of fused-ring (bicyclic) bond motifs is 5. The minimum Gasteiger partial charge on any atom is -0.396 e. The van der Waals surface area contributed by atoms with E-state index < -0.39 is 65.3 Å². The van der Waals surface area contributed by atoms with Crippen molar-refractivity contribution in [3.63, 3.8) is 0 Å². The van der Waals surface area contributed by atoms with Crippen molar-refractivity contribution in [3.05, 3.63) is 23.8 Å². The van der Waals surface area contributed by atoms with Gasteiger partial charge in [-0.2, -0.15) is 0 Å². The van der Waals surface area contributed by atoms with Crippen molar-refractivity contribution in [2.75, 3.05) is 27.4 Å². The van der Waals surface area contributed by atoms with Crippen LogP contribution in [0.15, 0.2) is 23.8 Å². The Morgan fingerprint density at radius 1 is 0.978 bits per heavy atom. The van der Waals surface area contributed by atoms with Crippen molar-refractivity contribution < 1.29 is 49.6 Å². The van der Waals surface area contributed by atoms with Gasteiger partial charge in [0.25, 0.3) is 0 Å². The first-order valence-corrected chi connectivity index (χ1v) is 17.0. The number of allylic oxidation sites excluding steroid dienone is 2. The molecule has 1 heterocycles. The first-order valence-electron chi connectivity index (χ1n) is 17.0. The Morgan fingerprint density at radius 3 is 2.31 bits per heavy atom. The Balaban J connectivity index is 1.38. The fourth-order valence-electron chi connectivity index (χ4n) is 10.4.